The average molecular weight is 432 g/mol. The minimum atomic E-state index is -0.141. The maximum absolute atomic E-state index is 13.9. The van der Waals surface area contributed by atoms with E-state index in [2.05, 4.69) is 46.7 Å². The number of likely N-dealkylation sites (tertiary alicyclic amines) is 1. The van der Waals surface area contributed by atoms with Crippen molar-refractivity contribution in [1.82, 2.24) is 10.2 Å². The average Bonchev–Trinajstić information content (AvgIpc) is 3.29. The molecule has 3 aliphatic rings. The number of anilines is 1. The molecule has 2 heterocycles. The van der Waals surface area contributed by atoms with Gasteiger partial charge in [-0.25, -0.2) is 0 Å². The monoisotopic (exact) mass is 431 g/mol. The lowest BCUT2D eigenvalue weighted by Crippen LogP contribution is -2.50. The van der Waals surface area contributed by atoms with E-state index in [4.69, 9.17) is 0 Å². The third kappa shape index (κ3) is 3.78. The summed E-state index contributed by atoms with van der Waals surface area (Å²) < 4.78 is 0. The predicted molar refractivity (Wildman–Crippen MR) is 126 cm³/mol. The zero-order chi connectivity index (χ0) is 22.1. The van der Waals surface area contributed by atoms with Crippen LogP contribution in [0, 0.1) is 11.8 Å². The molecule has 0 spiro atoms. The lowest BCUT2D eigenvalue weighted by Gasteiger charge is -2.41. The summed E-state index contributed by atoms with van der Waals surface area (Å²) in [5.41, 5.74) is 3.06. The fourth-order valence-electron chi connectivity index (χ4n) is 6.13. The number of nitrogens with zero attached hydrogens (tertiary/aromatic N) is 1. The second-order valence-electron chi connectivity index (χ2n) is 9.51. The minimum absolute atomic E-state index is 0.0761. The van der Waals surface area contributed by atoms with Crippen LogP contribution in [0.4, 0.5) is 5.69 Å². The van der Waals surface area contributed by atoms with Gasteiger partial charge in [-0.15, -0.1) is 0 Å². The van der Waals surface area contributed by atoms with E-state index >= 15 is 0 Å². The van der Waals surface area contributed by atoms with Gasteiger partial charge < -0.3 is 15.5 Å². The quantitative estimate of drug-likeness (QED) is 0.733. The van der Waals surface area contributed by atoms with Gasteiger partial charge >= 0.3 is 0 Å². The first-order valence-electron chi connectivity index (χ1n) is 12.2. The summed E-state index contributed by atoms with van der Waals surface area (Å²) >= 11 is 0. The van der Waals surface area contributed by atoms with Crippen molar-refractivity contribution in [1.29, 1.82) is 0 Å². The highest BCUT2D eigenvalue weighted by atomic mass is 16.2. The van der Waals surface area contributed by atoms with Crippen molar-refractivity contribution in [3.05, 3.63) is 65.7 Å². The molecule has 1 saturated heterocycles. The number of para-hydroxylation sites is 1. The molecule has 2 fully saturated rings. The second-order valence-corrected chi connectivity index (χ2v) is 9.51. The minimum Gasteiger partial charge on any atom is -0.382 e. The highest BCUT2D eigenvalue weighted by Gasteiger charge is 2.47. The molecule has 1 saturated carbocycles. The van der Waals surface area contributed by atoms with E-state index in [9.17, 15) is 9.59 Å². The Kier molecular flexibility index (Phi) is 5.90. The van der Waals surface area contributed by atoms with Crippen molar-refractivity contribution in [2.45, 2.75) is 63.6 Å². The summed E-state index contributed by atoms with van der Waals surface area (Å²) in [5, 5.41) is 6.92. The van der Waals surface area contributed by atoms with Gasteiger partial charge in [-0.1, -0.05) is 56.2 Å². The molecule has 0 bridgehead atoms. The molecule has 5 nitrogen and oxygen atoms in total. The van der Waals surface area contributed by atoms with Crippen LogP contribution in [-0.4, -0.2) is 35.3 Å². The zero-order valence-corrected chi connectivity index (χ0v) is 18.8. The van der Waals surface area contributed by atoms with Crippen LogP contribution in [0.3, 0.4) is 0 Å². The fraction of sp³-hybridized carbons (Fsp3) is 0.481. The molecule has 168 valence electrons. The van der Waals surface area contributed by atoms with Crippen molar-refractivity contribution < 1.29 is 9.59 Å². The molecular formula is C27H33N3O2. The van der Waals surface area contributed by atoms with Gasteiger partial charge in [-0.05, 0) is 49.4 Å². The fourth-order valence-corrected chi connectivity index (χ4v) is 6.13. The molecule has 5 atom stereocenters. The van der Waals surface area contributed by atoms with Gasteiger partial charge in [0, 0.05) is 35.8 Å². The summed E-state index contributed by atoms with van der Waals surface area (Å²) in [6, 6.07) is 18.2. The Morgan fingerprint density at radius 2 is 1.75 bits per heavy atom. The molecule has 0 unspecified atom stereocenters. The Labute approximate surface area is 190 Å². The van der Waals surface area contributed by atoms with Crippen LogP contribution in [0.15, 0.2) is 54.6 Å². The number of benzene rings is 2. The maximum Gasteiger partial charge on any atom is 0.251 e. The normalized spacial score (nSPS) is 28.9. The first-order valence-corrected chi connectivity index (χ1v) is 12.2. The van der Waals surface area contributed by atoms with Crippen LogP contribution >= 0.6 is 0 Å². The SMILES string of the molecule is CC[C@H]1Nc2ccccc2[C@H]2[C@@H]1CCN2C(=O)[C@H]1CCCC[C@H]1NC(=O)c1ccccc1. The van der Waals surface area contributed by atoms with Gasteiger partial charge in [0.15, 0.2) is 0 Å². The van der Waals surface area contributed by atoms with E-state index in [1.807, 2.05) is 30.3 Å². The van der Waals surface area contributed by atoms with Crippen molar-refractivity contribution in [2.75, 3.05) is 11.9 Å². The largest absolute Gasteiger partial charge is 0.382 e. The van der Waals surface area contributed by atoms with Gasteiger partial charge in [-0.2, -0.15) is 0 Å². The highest BCUT2D eigenvalue weighted by molar-refractivity contribution is 5.94. The molecule has 5 heteroatoms. The Hall–Kier alpha value is -2.82. The summed E-state index contributed by atoms with van der Waals surface area (Å²) in [4.78, 5) is 28.9. The number of fused-ring (bicyclic) bond motifs is 3. The molecule has 2 amide bonds. The van der Waals surface area contributed by atoms with E-state index < -0.39 is 0 Å². The Balaban J connectivity index is 1.38. The van der Waals surface area contributed by atoms with Crippen LogP contribution in [0.5, 0.6) is 0 Å². The van der Waals surface area contributed by atoms with Crippen LogP contribution < -0.4 is 10.6 Å². The van der Waals surface area contributed by atoms with Crippen molar-refractivity contribution >= 4 is 17.5 Å². The standard InChI is InChI=1S/C27H33N3O2/c1-2-22-20-16-17-30(25(20)19-12-6-8-14-23(19)28-22)27(32)21-13-7-9-15-24(21)29-26(31)18-10-4-3-5-11-18/h3-6,8,10-12,14,20-22,24-25,28H,2,7,9,13,15-17H2,1H3,(H,29,31)/t20-,21+,22-,24-,25+/m1/s1. The van der Waals surface area contributed by atoms with Crippen molar-refractivity contribution in [3.8, 4) is 0 Å². The number of hydrogen-bond donors (Lipinski definition) is 2. The summed E-state index contributed by atoms with van der Waals surface area (Å²) in [7, 11) is 0. The van der Waals surface area contributed by atoms with E-state index in [1.54, 1.807) is 0 Å². The van der Waals surface area contributed by atoms with E-state index in [1.165, 1.54) is 5.56 Å². The number of rotatable bonds is 4. The summed E-state index contributed by atoms with van der Waals surface area (Å²) in [5.74, 6) is 0.451. The van der Waals surface area contributed by atoms with Gasteiger partial charge in [0.2, 0.25) is 5.91 Å². The Morgan fingerprint density at radius 1 is 1.00 bits per heavy atom. The highest BCUT2D eigenvalue weighted by Crippen LogP contribution is 2.48. The Bertz CT molecular complexity index is 976. The number of carbonyl (C=O) groups is 2. The smallest absolute Gasteiger partial charge is 0.251 e. The van der Waals surface area contributed by atoms with E-state index in [-0.39, 0.29) is 29.8 Å². The number of carbonyl (C=O) groups excluding carboxylic acids is 2. The molecule has 1 aliphatic carbocycles. The second kappa shape index (κ2) is 8.97. The summed E-state index contributed by atoms with van der Waals surface area (Å²) in [6.07, 6.45) is 5.91. The zero-order valence-electron chi connectivity index (χ0n) is 18.8. The molecule has 5 rings (SSSR count). The molecule has 0 radical (unpaired) electrons. The predicted octanol–water partition coefficient (Wildman–Crippen LogP) is 4.77. The third-order valence-corrected chi connectivity index (χ3v) is 7.74. The van der Waals surface area contributed by atoms with Gasteiger partial charge in [-0.3, -0.25) is 9.59 Å². The molecule has 2 aliphatic heterocycles. The molecule has 2 aromatic carbocycles. The van der Waals surface area contributed by atoms with E-state index in [0.717, 1.165) is 50.8 Å². The lowest BCUT2D eigenvalue weighted by molar-refractivity contribution is -0.138. The topological polar surface area (TPSA) is 61.4 Å². The third-order valence-electron chi connectivity index (χ3n) is 7.74. The molecule has 2 aromatic rings. The van der Waals surface area contributed by atoms with Gasteiger partial charge in [0.05, 0.1) is 12.0 Å². The summed E-state index contributed by atoms with van der Waals surface area (Å²) in [6.45, 7) is 3.03. The van der Waals surface area contributed by atoms with Crippen molar-refractivity contribution in [3.63, 3.8) is 0 Å². The number of nitrogens with one attached hydrogen (secondary N) is 2. The van der Waals surface area contributed by atoms with Gasteiger partial charge in [0.25, 0.3) is 5.91 Å². The molecule has 32 heavy (non-hydrogen) atoms. The first-order chi connectivity index (χ1) is 15.7. The van der Waals surface area contributed by atoms with Crippen LogP contribution in [0.1, 0.15) is 67.4 Å². The van der Waals surface area contributed by atoms with E-state index in [0.29, 0.717) is 17.5 Å². The van der Waals surface area contributed by atoms with Crippen LogP contribution in [0.25, 0.3) is 0 Å². The van der Waals surface area contributed by atoms with Crippen LogP contribution in [0.2, 0.25) is 0 Å². The lowest BCUT2D eigenvalue weighted by atomic mass is 9.80. The van der Waals surface area contributed by atoms with Crippen molar-refractivity contribution in [2.24, 2.45) is 11.8 Å². The maximum atomic E-state index is 13.9. The molecule has 0 aromatic heterocycles. The van der Waals surface area contributed by atoms with Gasteiger partial charge in [0.1, 0.15) is 0 Å². The number of amides is 2. The Morgan fingerprint density at radius 3 is 2.56 bits per heavy atom. The molecule has 2 N–H and O–H groups in total. The first kappa shape index (κ1) is 21.0. The number of hydrogen-bond acceptors (Lipinski definition) is 3. The molecular weight excluding hydrogens is 398 g/mol. The van der Waals surface area contributed by atoms with Crippen LogP contribution in [-0.2, 0) is 4.79 Å².